The van der Waals surface area contributed by atoms with E-state index in [1.165, 1.54) is 5.56 Å². The number of rotatable bonds is 3. The summed E-state index contributed by atoms with van der Waals surface area (Å²) in [6, 6.07) is 11.5. The Morgan fingerprint density at radius 3 is 2.58 bits per heavy atom. The van der Waals surface area contributed by atoms with Crippen LogP contribution in [-0.4, -0.2) is 118 Å². The van der Waals surface area contributed by atoms with Crippen molar-refractivity contribution in [3.05, 3.63) is 70.3 Å². The first kappa shape index (κ1) is 40.1. The number of ether oxygens (including phenoxy) is 2. The zero-order chi connectivity index (χ0) is 38.9. The van der Waals surface area contributed by atoms with Crippen LogP contribution >= 0.6 is 11.6 Å². The monoisotopic (exact) mass is 795 g/mol. The molecule has 4 aliphatic heterocycles. The van der Waals surface area contributed by atoms with Crippen molar-refractivity contribution >= 4 is 39.1 Å². The highest BCUT2D eigenvalue weighted by atomic mass is 35.5. The van der Waals surface area contributed by atoms with Gasteiger partial charge in [0.05, 0.1) is 10.9 Å². The normalized spacial score (nSPS) is 31.3. The fraction of sp³-hybridized carbons (Fsp3) is 0.619. The Kier molecular flexibility index (Phi) is 12.2. The number of carbonyl (C=O) groups is 2. The van der Waals surface area contributed by atoms with Crippen molar-refractivity contribution < 1.29 is 27.5 Å². The molecule has 1 saturated carbocycles. The maximum absolute atomic E-state index is 13.7. The van der Waals surface area contributed by atoms with E-state index in [4.69, 9.17) is 21.1 Å². The summed E-state index contributed by atoms with van der Waals surface area (Å²) >= 11 is 6.41. The zero-order valence-electron chi connectivity index (χ0n) is 32.8. The molecule has 55 heavy (non-hydrogen) atoms. The highest BCUT2D eigenvalue weighted by Crippen LogP contribution is 2.47. The van der Waals surface area contributed by atoms with Gasteiger partial charge in [-0.2, -0.15) is 0 Å². The number of piperazine rings is 2. The summed E-state index contributed by atoms with van der Waals surface area (Å²) in [5.41, 5.74) is 2.74. The minimum absolute atomic E-state index is 0.132. The molecule has 2 aromatic carbocycles. The van der Waals surface area contributed by atoms with E-state index in [0.717, 1.165) is 95.7 Å². The standard InChI is InChI=1S/C42H58ClN5O6S/c1-29-8-7-16-42(53-4,28-45-18-19-46-20-21-47(31(3)49)26-37(46)25-45)38-14-11-34(38)24-48-17-6-5-9-32-22-36(43)13-10-35(32)27-54-40-15-12-33(23-39(40)48)41(50)44-55(51,52)30(29)2/h7,10,12-13,15-16,22-23,29-30,34,37-38H,5-6,8-9,11,14,17-21,24-28H2,1-4H3,(H,44,50)/b16-7+/t29-,30+,34-,37-,38+,42+/m0/s1. The Bertz CT molecular complexity index is 1880. The highest BCUT2D eigenvalue weighted by Gasteiger charge is 2.49. The fourth-order valence-electron chi connectivity index (χ4n) is 9.43. The summed E-state index contributed by atoms with van der Waals surface area (Å²) in [5.74, 6) is 0.430. The van der Waals surface area contributed by atoms with Crippen molar-refractivity contribution in [3.63, 3.8) is 0 Å². The third-order valence-corrected chi connectivity index (χ3v) is 15.4. The van der Waals surface area contributed by atoms with Gasteiger partial charge in [0.15, 0.2) is 0 Å². The second-order valence-electron chi connectivity index (χ2n) is 16.6. The van der Waals surface area contributed by atoms with Crippen LogP contribution in [0.3, 0.4) is 0 Å². The van der Waals surface area contributed by atoms with Crippen molar-refractivity contribution in [3.8, 4) is 5.75 Å². The van der Waals surface area contributed by atoms with Crippen LogP contribution in [0, 0.1) is 17.8 Å². The molecule has 11 nitrogen and oxygen atoms in total. The molecule has 0 spiro atoms. The largest absolute Gasteiger partial charge is 0.487 e. The first-order valence-electron chi connectivity index (χ1n) is 20.2. The lowest BCUT2D eigenvalue weighted by Crippen LogP contribution is -2.65. The number of allylic oxidation sites excluding steroid dienone is 1. The lowest BCUT2D eigenvalue weighted by molar-refractivity contribution is -0.134. The molecule has 6 atom stereocenters. The Labute approximate surface area is 332 Å². The van der Waals surface area contributed by atoms with Crippen LogP contribution in [-0.2, 0) is 32.6 Å². The minimum atomic E-state index is -3.98. The molecule has 0 aromatic heterocycles. The molecule has 3 fully saturated rings. The van der Waals surface area contributed by atoms with Crippen LogP contribution in [0.4, 0.5) is 5.69 Å². The van der Waals surface area contributed by atoms with E-state index in [2.05, 4.69) is 31.6 Å². The van der Waals surface area contributed by atoms with Gasteiger partial charge in [0.1, 0.15) is 18.0 Å². The van der Waals surface area contributed by atoms with E-state index >= 15 is 0 Å². The molecular weight excluding hydrogens is 738 g/mol. The van der Waals surface area contributed by atoms with Gasteiger partial charge in [-0.15, -0.1) is 0 Å². The maximum atomic E-state index is 13.7. The Balaban J connectivity index is 1.23. The average molecular weight is 796 g/mol. The quantitative estimate of drug-likeness (QED) is 0.411. The summed E-state index contributed by atoms with van der Waals surface area (Å²) in [7, 11) is -2.16. The summed E-state index contributed by atoms with van der Waals surface area (Å²) in [5, 5.41) is -0.0981. The smallest absolute Gasteiger partial charge is 0.264 e. The zero-order valence-corrected chi connectivity index (χ0v) is 34.4. The van der Waals surface area contributed by atoms with E-state index < -0.39 is 26.8 Å². The number of amides is 2. The average Bonchev–Trinajstić information content (AvgIpc) is 3.18. The fourth-order valence-corrected chi connectivity index (χ4v) is 10.9. The number of aryl methyl sites for hydroxylation is 1. The summed E-state index contributed by atoms with van der Waals surface area (Å²) in [4.78, 5) is 35.3. The van der Waals surface area contributed by atoms with Crippen LogP contribution in [0.15, 0.2) is 48.6 Å². The number of hydrogen-bond acceptors (Lipinski definition) is 9. The predicted molar refractivity (Wildman–Crippen MR) is 216 cm³/mol. The first-order valence-corrected chi connectivity index (χ1v) is 22.1. The van der Waals surface area contributed by atoms with Crippen LogP contribution in [0.5, 0.6) is 5.75 Å². The van der Waals surface area contributed by atoms with Gasteiger partial charge < -0.3 is 19.3 Å². The number of sulfonamides is 1. The molecule has 0 unspecified atom stereocenters. The van der Waals surface area contributed by atoms with Crippen LogP contribution in [0.1, 0.15) is 74.4 Å². The SMILES string of the molecule is CO[C@@]1(CN2CCN3CCN(C(C)=O)C[C@@H]3C2)/C=C/C[C@H](C)[C@@H](C)S(=O)(=O)NC(=O)c2ccc3c(c2)N(CCCCc2cc(Cl)ccc2CO3)C[C@@H]2CC[C@H]21. The second-order valence-corrected chi connectivity index (χ2v) is 19.1. The van der Waals surface area contributed by atoms with Gasteiger partial charge in [-0.1, -0.05) is 36.7 Å². The van der Waals surface area contributed by atoms with E-state index in [9.17, 15) is 18.0 Å². The molecule has 0 radical (unpaired) electrons. The summed E-state index contributed by atoms with van der Waals surface area (Å²) in [6.45, 7) is 13.0. The molecule has 2 saturated heterocycles. The molecule has 13 heteroatoms. The van der Waals surface area contributed by atoms with Gasteiger partial charge in [0, 0.05) is 89.6 Å². The lowest BCUT2D eigenvalue weighted by atomic mass is 9.63. The molecule has 2 amide bonds. The maximum Gasteiger partial charge on any atom is 0.264 e. The molecule has 2 bridgehead atoms. The lowest BCUT2D eigenvalue weighted by Gasteiger charge is -2.53. The van der Waals surface area contributed by atoms with E-state index in [1.807, 2.05) is 49.3 Å². The highest BCUT2D eigenvalue weighted by molar-refractivity contribution is 7.90. The number of benzene rings is 2. The van der Waals surface area contributed by atoms with Crippen molar-refractivity contribution in [1.29, 1.82) is 0 Å². The summed E-state index contributed by atoms with van der Waals surface area (Å²) < 4.78 is 42.9. The molecule has 1 N–H and O–H groups in total. The number of anilines is 1. The van der Waals surface area contributed by atoms with Gasteiger partial charge in [0.2, 0.25) is 15.9 Å². The molecule has 2 aromatic rings. The van der Waals surface area contributed by atoms with Crippen molar-refractivity contribution in [2.45, 2.75) is 82.8 Å². The Morgan fingerprint density at radius 1 is 1.00 bits per heavy atom. The molecular formula is C42H58ClN5O6S. The third kappa shape index (κ3) is 8.73. The van der Waals surface area contributed by atoms with E-state index in [0.29, 0.717) is 36.3 Å². The third-order valence-electron chi connectivity index (χ3n) is 13.2. The van der Waals surface area contributed by atoms with Crippen molar-refractivity contribution in [1.82, 2.24) is 19.4 Å². The topological polar surface area (TPSA) is 112 Å². The van der Waals surface area contributed by atoms with Crippen LogP contribution in [0.25, 0.3) is 0 Å². The number of methoxy groups -OCH3 is 1. The van der Waals surface area contributed by atoms with Gasteiger partial charge in [-0.25, -0.2) is 13.1 Å². The number of nitrogens with zero attached hydrogens (tertiary/aromatic N) is 4. The molecule has 1 aliphatic carbocycles. The van der Waals surface area contributed by atoms with Gasteiger partial charge >= 0.3 is 0 Å². The van der Waals surface area contributed by atoms with E-state index in [-0.39, 0.29) is 29.3 Å². The number of hydrogen-bond donors (Lipinski definition) is 1. The first-order chi connectivity index (χ1) is 26.4. The van der Waals surface area contributed by atoms with Crippen LogP contribution < -0.4 is 14.4 Å². The Morgan fingerprint density at radius 2 is 1.82 bits per heavy atom. The molecule has 4 heterocycles. The molecule has 300 valence electrons. The number of nitrogens with one attached hydrogen (secondary N) is 1. The number of fused-ring (bicyclic) bond motifs is 4. The van der Waals surface area contributed by atoms with Gasteiger partial charge in [0.25, 0.3) is 5.91 Å². The van der Waals surface area contributed by atoms with E-state index in [1.54, 1.807) is 19.9 Å². The number of halogens is 1. The van der Waals surface area contributed by atoms with Gasteiger partial charge in [-0.05, 0) is 105 Å². The summed E-state index contributed by atoms with van der Waals surface area (Å²) in [6.07, 6.45) is 9.69. The van der Waals surface area contributed by atoms with Crippen molar-refractivity contribution in [2.75, 3.05) is 70.9 Å². The predicted octanol–water partition coefficient (Wildman–Crippen LogP) is 5.37. The Hall–Kier alpha value is -3.16. The van der Waals surface area contributed by atoms with Crippen molar-refractivity contribution in [2.24, 2.45) is 17.8 Å². The molecule has 7 rings (SSSR count). The second kappa shape index (κ2) is 16.7. The molecule has 5 aliphatic rings. The van der Waals surface area contributed by atoms with Gasteiger partial charge in [-0.3, -0.25) is 19.4 Å². The van der Waals surface area contributed by atoms with Crippen LogP contribution in [0.2, 0.25) is 5.02 Å². The number of carbonyl (C=O) groups excluding carboxylic acids is 2. The minimum Gasteiger partial charge on any atom is -0.487 e.